The standard InChI is InChI=1S/C23H26N4O4/c28-22(21-2-1-11-30-21)26-10-8-20(15-26)31-19-5-3-18(4-6-19)25-23(29)27-13-16-7-9-24-12-17(16)14-27/h3-7,9,12,20-21H,1-2,8,10-11,13-15H2,(H,25,29)/t20-,21+/m0/s1. The number of carbonyl (C=O) groups is 2. The molecule has 31 heavy (non-hydrogen) atoms. The second-order valence-electron chi connectivity index (χ2n) is 8.27. The number of amides is 3. The van der Waals surface area contributed by atoms with Crippen molar-refractivity contribution in [3.05, 3.63) is 53.9 Å². The first-order chi connectivity index (χ1) is 15.2. The molecule has 3 aliphatic rings. The summed E-state index contributed by atoms with van der Waals surface area (Å²) in [5.41, 5.74) is 2.94. The Bertz CT molecular complexity index is 933. The number of anilines is 1. The van der Waals surface area contributed by atoms with Crippen molar-refractivity contribution in [1.29, 1.82) is 0 Å². The fourth-order valence-electron chi connectivity index (χ4n) is 4.38. The molecule has 2 fully saturated rings. The molecule has 8 heteroatoms. The smallest absolute Gasteiger partial charge is 0.322 e. The van der Waals surface area contributed by atoms with E-state index in [0.29, 0.717) is 38.5 Å². The van der Waals surface area contributed by atoms with Gasteiger partial charge in [-0.3, -0.25) is 9.78 Å². The Hall–Kier alpha value is -3.13. The lowest BCUT2D eigenvalue weighted by Crippen LogP contribution is -2.38. The molecule has 2 saturated heterocycles. The zero-order chi connectivity index (χ0) is 21.2. The van der Waals surface area contributed by atoms with E-state index in [1.54, 1.807) is 11.1 Å². The summed E-state index contributed by atoms with van der Waals surface area (Å²) < 4.78 is 11.6. The van der Waals surface area contributed by atoms with Crippen molar-refractivity contribution in [2.45, 2.75) is 44.6 Å². The third-order valence-electron chi connectivity index (χ3n) is 6.08. The van der Waals surface area contributed by atoms with Crippen LogP contribution in [0, 0.1) is 0 Å². The summed E-state index contributed by atoms with van der Waals surface area (Å²) in [5.74, 6) is 0.815. The molecule has 162 valence electrons. The van der Waals surface area contributed by atoms with Crippen LogP contribution in [0.4, 0.5) is 10.5 Å². The normalized spacial score (nSPS) is 22.5. The van der Waals surface area contributed by atoms with Crippen molar-refractivity contribution in [2.75, 3.05) is 25.0 Å². The van der Waals surface area contributed by atoms with Gasteiger partial charge in [0.2, 0.25) is 0 Å². The van der Waals surface area contributed by atoms with Crippen molar-refractivity contribution < 1.29 is 19.1 Å². The van der Waals surface area contributed by atoms with Crippen LogP contribution in [0.2, 0.25) is 0 Å². The highest BCUT2D eigenvalue weighted by atomic mass is 16.5. The van der Waals surface area contributed by atoms with Gasteiger partial charge in [-0.05, 0) is 54.3 Å². The first kappa shape index (κ1) is 19.8. The molecular weight excluding hydrogens is 396 g/mol. The van der Waals surface area contributed by atoms with Crippen LogP contribution in [0.3, 0.4) is 0 Å². The Balaban J connectivity index is 1.11. The van der Waals surface area contributed by atoms with E-state index < -0.39 is 0 Å². The van der Waals surface area contributed by atoms with Gasteiger partial charge >= 0.3 is 6.03 Å². The van der Waals surface area contributed by atoms with E-state index in [-0.39, 0.29) is 24.1 Å². The topological polar surface area (TPSA) is 84.0 Å². The number of likely N-dealkylation sites (tertiary alicyclic amines) is 1. The molecule has 0 spiro atoms. The summed E-state index contributed by atoms with van der Waals surface area (Å²) in [5, 5.41) is 2.94. The monoisotopic (exact) mass is 422 g/mol. The van der Waals surface area contributed by atoms with Gasteiger partial charge in [0.05, 0.1) is 6.54 Å². The molecule has 3 aliphatic heterocycles. The zero-order valence-corrected chi connectivity index (χ0v) is 17.3. The lowest BCUT2D eigenvalue weighted by atomic mass is 10.2. The van der Waals surface area contributed by atoms with E-state index in [1.807, 2.05) is 41.4 Å². The minimum absolute atomic E-state index is 0.0255. The van der Waals surface area contributed by atoms with Crippen molar-refractivity contribution in [3.8, 4) is 5.75 Å². The largest absolute Gasteiger partial charge is 0.489 e. The van der Waals surface area contributed by atoms with Crippen LogP contribution in [0.5, 0.6) is 5.75 Å². The van der Waals surface area contributed by atoms with Crippen LogP contribution in [0.15, 0.2) is 42.7 Å². The molecule has 0 saturated carbocycles. The van der Waals surface area contributed by atoms with Gasteiger partial charge in [0, 0.05) is 50.7 Å². The Morgan fingerprint density at radius 3 is 2.68 bits per heavy atom. The zero-order valence-electron chi connectivity index (χ0n) is 17.3. The quantitative estimate of drug-likeness (QED) is 0.819. The molecule has 1 aromatic carbocycles. The van der Waals surface area contributed by atoms with Crippen molar-refractivity contribution in [2.24, 2.45) is 0 Å². The molecule has 3 amide bonds. The molecule has 2 aromatic rings. The number of carbonyl (C=O) groups excluding carboxylic acids is 2. The van der Waals surface area contributed by atoms with Gasteiger partial charge in [-0.15, -0.1) is 0 Å². The molecule has 0 radical (unpaired) electrons. The molecule has 5 rings (SSSR count). The van der Waals surface area contributed by atoms with Gasteiger partial charge in [0.1, 0.15) is 18.0 Å². The Morgan fingerprint density at radius 1 is 1.06 bits per heavy atom. The summed E-state index contributed by atoms with van der Waals surface area (Å²) in [6.45, 7) is 3.12. The first-order valence-corrected chi connectivity index (χ1v) is 10.8. The average molecular weight is 422 g/mol. The number of pyridine rings is 1. The van der Waals surface area contributed by atoms with E-state index >= 15 is 0 Å². The number of benzene rings is 1. The van der Waals surface area contributed by atoms with Gasteiger partial charge in [-0.25, -0.2) is 4.79 Å². The van der Waals surface area contributed by atoms with E-state index in [4.69, 9.17) is 9.47 Å². The van der Waals surface area contributed by atoms with Crippen molar-refractivity contribution in [3.63, 3.8) is 0 Å². The van der Waals surface area contributed by atoms with Gasteiger partial charge in [-0.2, -0.15) is 0 Å². The molecule has 1 N–H and O–H groups in total. The minimum atomic E-state index is -0.277. The highest BCUT2D eigenvalue weighted by Gasteiger charge is 2.33. The van der Waals surface area contributed by atoms with Gasteiger partial charge in [0.25, 0.3) is 5.91 Å². The van der Waals surface area contributed by atoms with Gasteiger partial charge in [-0.1, -0.05) is 0 Å². The maximum Gasteiger partial charge on any atom is 0.322 e. The molecule has 0 unspecified atom stereocenters. The Kier molecular flexibility index (Phi) is 5.46. The molecule has 2 atom stereocenters. The fourth-order valence-corrected chi connectivity index (χ4v) is 4.38. The van der Waals surface area contributed by atoms with Crippen molar-refractivity contribution in [1.82, 2.24) is 14.8 Å². The van der Waals surface area contributed by atoms with Crippen LogP contribution in [-0.2, 0) is 22.6 Å². The number of nitrogens with zero attached hydrogens (tertiary/aromatic N) is 3. The first-order valence-electron chi connectivity index (χ1n) is 10.8. The number of hydrogen-bond donors (Lipinski definition) is 1. The maximum absolute atomic E-state index is 12.6. The molecule has 8 nitrogen and oxygen atoms in total. The Labute approximate surface area is 181 Å². The minimum Gasteiger partial charge on any atom is -0.489 e. The summed E-state index contributed by atoms with van der Waals surface area (Å²) in [6.07, 6.45) is 5.84. The number of hydrogen-bond acceptors (Lipinski definition) is 5. The summed E-state index contributed by atoms with van der Waals surface area (Å²) in [7, 11) is 0. The number of urea groups is 1. The number of ether oxygens (including phenoxy) is 2. The number of rotatable bonds is 4. The molecule has 4 heterocycles. The average Bonchev–Trinajstić information content (AvgIpc) is 3.55. The predicted molar refractivity (Wildman–Crippen MR) is 114 cm³/mol. The summed E-state index contributed by atoms with van der Waals surface area (Å²) in [6, 6.07) is 9.19. The van der Waals surface area contributed by atoms with Crippen LogP contribution in [0.1, 0.15) is 30.4 Å². The third kappa shape index (κ3) is 4.34. The SMILES string of the molecule is O=C(Nc1ccc(O[C@H]2CCN(C(=O)[C@H]3CCCO3)C2)cc1)N1Cc2ccncc2C1. The van der Waals surface area contributed by atoms with E-state index in [9.17, 15) is 9.59 Å². The lowest BCUT2D eigenvalue weighted by Gasteiger charge is -2.20. The van der Waals surface area contributed by atoms with E-state index in [0.717, 1.165) is 36.1 Å². The Morgan fingerprint density at radius 2 is 1.90 bits per heavy atom. The fraction of sp³-hybridized carbons (Fsp3) is 0.435. The number of fused-ring (bicyclic) bond motifs is 1. The van der Waals surface area contributed by atoms with E-state index in [1.165, 1.54) is 0 Å². The lowest BCUT2D eigenvalue weighted by molar-refractivity contribution is -0.140. The third-order valence-corrected chi connectivity index (χ3v) is 6.08. The van der Waals surface area contributed by atoms with Gasteiger partial charge < -0.3 is 24.6 Å². The second-order valence-corrected chi connectivity index (χ2v) is 8.27. The van der Waals surface area contributed by atoms with Crippen LogP contribution >= 0.6 is 0 Å². The van der Waals surface area contributed by atoms with Crippen LogP contribution in [-0.4, -0.2) is 58.6 Å². The highest BCUT2D eigenvalue weighted by Crippen LogP contribution is 2.25. The predicted octanol–water partition coefficient (Wildman–Crippen LogP) is 2.79. The molecule has 1 aromatic heterocycles. The maximum atomic E-state index is 12.6. The molecule has 0 aliphatic carbocycles. The molecular formula is C23H26N4O4. The summed E-state index contributed by atoms with van der Waals surface area (Å²) >= 11 is 0. The number of aromatic nitrogens is 1. The summed E-state index contributed by atoms with van der Waals surface area (Å²) in [4.78, 5) is 32.8. The van der Waals surface area contributed by atoms with E-state index in [2.05, 4.69) is 10.3 Å². The van der Waals surface area contributed by atoms with Crippen molar-refractivity contribution >= 4 is 17.6 Å². The second kappa shape index (κ2) is 8.55. The number of nitrogens with one attached hydrogen (secondary N) is 1. The highest BCUT2D eigenvalue weighted by molar-refractivity contribution is 5.89. The molecule has 0 bridgehead atoms. The van der Waals surface area contributed by atoms with Crippen LogP contribution < -0.4 is 10.1 Å². The van der Waals surface area contributed by atoms with Gasteiger partial charge in [0.15, 0.2) is 0 Å². The van der Waals surface area contributed by atoms with Crippen LogP contribution in [0.25, 0.3) is 0 Å².